The van der Waals surface area contributed by atoms with Crippen LogP contribution in [0.3, 0.4) is 0 Å². The van der Waals surface area contributed by atoms with E-state index in [-0.39, 0.29) is 17.5 Å². The summed E-state index contributed by atoms with van der Waals surface area (Å²) in [5.41, 5.74) is -0.628. The molecule has 0 aromatic heterocycles. The zero-order valence-corrected chi connectivity index (χ0v) is 13.9. The number of hydrogen-bond acceptors (Lipinski definition) is 3. The molecule has 1 aliphatic heterocycles. The molecule has 1 heterocycles. The maximum Gasteiger partial charge on any atom is 0.416 e. The second kappa shape index (κ2) is 8.22. The fraction of sp³-hybridized carbons (Fsp3) is 0.625. The highest BCUT2D eigenvalue weighted by molar-refractivity contribution is 8.00. The largest absolute Gasteiger partial charge is 0.416 e. The highest BCUT2D eigenvalue weighted by Gasteiger charge is 2.35. The Morgan fingerprint density at radius 1 is 1.36 bits per heavy atom. The van der Waals surface area contributed by atoms with Crippen molar-refractivity contribution in [1.82, 2.24) is 0 Å². The molecule has 126 valence electrons. The molecule has 1 aliphatic rings. The number of thioether (sulfide) groups is 1. The predicted octanol–water partition coefficient (Wildman–Crippen LogP) is 4.75. The third-order valence-electron chi connectivity index (χ3n) is 3.37. The average molecular weight is 336 g/mol. The van der Waals surface area contributed by atoms with Crippen molar-refractivity contribution in [3.8, 4) is 0 Å². The molecule has 2 unspecified atom stereocenters. The van der Waals surface area contributed by atoms with Gasteiger partial charge in [0.25, 0.3) is 0 Å². The van der Waals surface area contributed by atoms with Gasteiger partial charge in [0.05, 0.1) is 18.3 Å². The van der Waals surface area contributed by atoms with E-state index in [0.717, 1.165) is 12.5 Å². The van der Waals surface area contributed by atoms with E-state index in [1.54, 1.807) is 6.07 Å². The van der Waals surface area contributed by atoms with Crippen LogP contribution >= 0.6 is 11.8 Å². The van der Waals surface area contributed by atoms with Crippen LogP contribution in [-0.4, -0.2) is 29.2 Å². The number of aliphatic hydroxyl groups is 1. The van der Waals surface area contributed by atoms with Gasteiger partial charge in [-0.25, -0.2) is 0 Å². The second-order valence-corrected chi connectivity index (χ2v) is 6.87. The standard InChI is InChI=1S/C14H17F3O2S.C2H6/c1-13(5-6-19-11(8-13)9-18)20-12-4-2-3-10(7-12)14(15,16)17;1-2/h2-4,7,11,18H,5-6,8-9H2,1H3;1-2H3. The Balaban J connectivity index is 0.00000116. The minimum absolute atomic E-state index is 0.0568. The lowest BCUT2D eigenvalue weighted by molar-refractivity contribution is -0.137. The summed E-state index contributed by atoms with van der Waals surface area (Å²) in [4.78, 5) is 0.598. The molecule has 1 aromatic carbocycles. The molecule has 2 atom stereocenters. The summed E-state index contributed by atoms with van der Waals surface area (Å²) in [5.74, 6) is 0. The number of rotatable bonds is 3. The molecule has 0 spiro atoms. The van der Waals surface area contributed by atoms with E-state index < -0.39 is 11.7 Å². The van der Waals surface area contributed by atoms with Gasteiger partial charge in [0.1, 0.15) is 0 Å². The molecule has 0 amide bonds. The molecule has 2 rings (SSSR count). The van der Waals surface area contributed by atoms with Gasteiger partial charge in [-0.15, -0.1) is 11.8 Å². The Kier molecular flexibility index (Phi) is 7.22. The van der Waals surface area contributed by atoms with Crippen molar-refractivity contribution in [1.29, 1.82) is 0 Å². The minimum atomic E-state index is -4.32. The van der Waals surface area contributed by atoms with Crippen LogP contribution in [0.4, 0.5) is 13.2 Å². The van der Waals surface area contributed by atoms with Crippen LogP contribution in [0, 0.1) is 0 Å². The molecule has 6 heteroatoms. The molecular formula is C16H23F3O2S. The topological polar surface area (TPSA) is 29.5 Å². The van der Waals surface area contributed by atoms with Gasteiger partial charge in [0.15, 0.2) is 0 Å². The lowest BCUT2D eigenvalue weighted by Gasteiger charge is -2.37. The number of benzene rings is 1. The number of halogens is 3. The van der Waals surface area contributed by atoms with Crippen molar-refractivity contribution < 1.29 is 23.0 Å². The molecule has 1 N–H and O–H groups in total. The van der Waals surface area contributed by atoms with Crippen LogP contribution in [0.15, 0.2) is 29.2 Å². The van der Waals surface area contributed by atoms with Gasteiger partial charge in [0, 0.05) is 16.2 Å². The first-order valence-electron chi connectivity index (χ1n) is 7.41. The van der Waals surface area contributed by atoms with E-state index in [0.29, 0.717) is 17.9 Å². The van der Waals surface area contributed by atoms with Gasteiger partial charge in [-0.1, -0.05) is 19.9 Å². The Morgan fingerprint density at radius 2 is 2.05 bits per heavy atom. The van der Waals surface area contributed by atoms with Gasteiger partial charge in [-0.3, -0.25) is 0 Å². The zero-order chi connectivity index (χ0) is 16.8. The molecule has 1 fully saturated rings. The molecule has 0 aliphatic carbocycles. The van der Waals surface area contributed by atoms with Crippen molar-refractivity contribution in [2.45, 2.75) is 55.5 Å². The first-order valence-corrected chi connectivity index (χ1v) is 8.23. The monoisotopic (exact) mass is 336 g/mol. The van der Waals surface area contributed by atoms with Gasteiger partial charge in [-0.05, 0) is 38.0 Å². The van der Waals surface area contributed by atoms with Gasteiger partial charge in [0.2, 0.25) is 0 Å². The maximum atomic E-state index is 12.7. The zero-order valence-electron chi connectivity index (χ0n) is 13.1. The Hall–Kier alpha value is -0.720. The third kappa shape index (κ3) is 5.48. The fourth-order valence-electron chi connectivity index (χ4n) is 2.31. The SMILES string of the molecule is CC.CC1(Sc2cccc(C(F)(F)F)c2)CCOC(CO)C1. The molecule has 22 heavy (non-hydrogen) atoms. The summed E-state index contributed by atoms with van der Waals surface area (Å²) in [5, 5.41) is 9.16. The van der Waals surface area contributed by atoms with Crippen LogP contribution < -0.4 is 0 Å². The van der Waals surface area contributed by atoms with E-state index in [4.69, 9.17) is 9.84 Å². The summed E-state index contributed by atoms with van der Waals surface area (Å²) in [7, 11) is 0. The first-order chi connectivity index (χ1) is 10.3. The van der Waals surface area contributed by atoms with Crippen LogP contribution in [-0.2, 0) is 10.9 Å². The van der Waals surface area contributed by atoms with Crippen LogP contribution in [0.5, 0.6) is 0 Å². The number of alkyl halides is 3. The van der Waals surface area contributed by atoms with Crippen LogP contribution in [0.1, 0.15) is 39.2 Å². The molecular weight excluding hydrogens is 313 g/mol. The summed E-state index contributed by atoms with van der Waals surface area (Å²) in [6.07, 6.45) is -3.16. The summed E-state index contributed by atoms with van der Waals surface area (Å²) in [6, 6.07) is 5.37. The highest BCUT2D eigenvalue weighted by Crippen LogP contribution is 2.43. The highest BCUT2D eigenvalue weighted by atomic mass is 32.2. The summed E-state index contributed by atoms with van der Waals surface area (Å²) >= 11 is 1.43. The normalized spacial score (nSPS) is 25.3. The summed E-state index contributed by atoms with van der Waals surface area (Å²) < 4.78 is 43.3. The van der Waals surface area contributed by atoms with E-state index in [1.165, 1.54) is 23.9 Å². The van der Waals surface area contributed by atoms with Crippen molar-refractivity contribution in [3.63, 3.8) is 0 Å². The molecule has 0 radical (unpaired) electrons. The molecule has 0 saturated carbocycles. The molecule has 2 nitrogen and oxygen atoms in total. The van der Waals surface area contributed by atoms with Crippen molar-refractivity contribution in [3.05, 3.63) is 29.8 Å². The van der Waals surface area contributed by atoms with Crippen molar-refractivity contribution in [2.75, 3.05) is 13.2 Å². The molecule has 1 saturated heterocycles. The quantitative estimate of drug-likeness (QED) is 0.863. The molecule has 1 aromatic rings. The number of aliphatic hydroxyl groups excluding tert-OH is 1. The lowest BCUT2D eigenvalue weighted by Crippen LogP contribution is -2.37. The first kappa shape index (κ1) is 19.3. The number of hydrogen-bond donors (Lipinski definition) is 1. The average Bonchev–Trinajstić information content (AvgIpc) is 2.48. The van der Waals surface area contributed by atoms with Crippen molar-refractivity contribution >= 4 is 11.8 Å². The van der Waals surface area contributed by atoms with Gasteiger partial charge < -0.3 is 9.84 Å². The predicted molar refractivity (Wildman–Crippen MR) is 83.1 cm³/mol. The van der Waals surface area contributed by atoms with Gasteiger partial charge in [-0.2, -0.15) is 13.2 Å². The Labute approximate surface area is 134 Å². The third-order valence-corrected chi connectivity index (χ3v) is 4.73. The van der Waals surface area contributed by atoms with Crippen LogP contribution in [0.2, 0.25) is 0 Å². The minimum Gasteiger partial charge on any atom is -0.394 e. The maximum absolute atomic E-state index is 12.7. The number of ether oxygens (including phenoxy) is 1. The fourth-order valence-corrected chi connectivity index (χ4v) is 3.67. The smallest absolute Gasteiger partial charge is 0.394 e. The Morgan fingerprint density at radius 3 is 2.64 bits per heavy atom. The molecule has 0 bridgehead atoms. The second-order valence-electron chi connectivity index (χ2n) is 5.21. The summed E-state index contributed by atoms with van der Waals surface area (Å²) in [6.45, 7) is 6.47. The van der Waals surface area contributed by atoms with E-state index >= 15 is 0 Å². The Bertz CT molecular complexity index is 465. The van der Waals surface area contributed by atoms with Crippen molar-refractivity contribution in [2.24, 2.45) is 0 Å². The van der Waals surface area contributed by atoms with E-state index in [1.807, 2.05) is 20.8 Å². The van der Waals surface area contributed by atoms with E-state index in [9.17, 15) is 13.2 Å². The lowest BCUT2D eigenvalue weighted by atomic mass is 9.97. The van der Waals surface area contributed by atoms with E-state index in [2.05, 4.69) is 0 Å². The van der Waals surface area contributed by atoms with Gasteiger partial charge >= 0.3 is 6.18 Å². The van der Waals surface area contributed by atoms with Crippen LogP contribution in [0.25, 0.3) is 0 Å².